The number of unbranched alkanes of at least 4 members (excludes halogenated alkanes) is 4. The van der Waals surface area contributed by atoms with Gasteiger partial charge in [-0.2, -0.15) is 0 Å². The summed E-state index contributed by atoms with van der Waals surface area (Å²) in [5, 5.41) is 0. The Morgan fingerprint density at radius 1 is 1.00 bits per heavy atom. The molecular weight excluding hydrogens is 212 g/mol. The highest BCUT2D eigenvalue weighted by molar-refractivity contribution is 6.70. The maximum Gasteiger partial charge on any atom is 0.241 e. The van der Waals surface area contributed by atoms with Crippen molar-refractivity contribution in [1.82, 2.24) is 0 Å². The van der Waals surface area contributed by atoms with Gasteiger partial charge in [-0.1, -0.05) is 33.1 Å². The van der Waals surface area contributed by atoms with Crippen LogP contribution in [0.1, 0.15) is 58.8 Å². The fraction of sp³-hybridized carbons (Fsp3) is 0.857. The first kappa shape index (κ1) is 15.8. The summed E-state index contributed by atoms with van der Waals surface area (Å²) in [4.78, 5) is 0. The molecule has 0 aromatic carbocycles. The van der Waals surface area contributed by atoms with Gasteiger partial charge < -0.3 is 4.43 Å². The van der Waals surface area contributed by atoms with Gasteiger partial charge >= 0.3 is 0 Å². The molecule has 0 atom stereocenters. The van der Waals surface area contributed by atoms with Crippen LogP contribution in [0.15, 0.2) is 11.8 Å². The first-order valence-corrected chi connectivity index (χ1v) is 10.3. The Bertz CT molecular complexity index is 191. The zero-order chi connectivity index (χ0) is 12.4. The molecular formula is C14H30OSi. The monoisotopic (exact) mass is 242 g/mol. The maximum absolute atomic E-state index is 6.13. The van der Waals surface area contributed by atoms with Crippen LogP contribution < -0.4 is 0 Å². The van der Waals surface area contributed by atoms with E-state index in [0.29, 0.717) is 0 Å². The van der Waals surface area contributed by atoms with E-state index in [1.807, 2.05) is 0 Å². The highest BCUT2D eigenvalue weighted by atomic mass is 28.4. The third-order valence-electron chi connectivity index (χ3n) is 2.39. The van der Waals surface area contributed by atoms with E-state index in [-0.39, 0.29) is 0 Å². The first-order chi connectivity index (χ1) is 7.49. The molecule has 0 aromatic heterocycles. The van der Waals surface area contributed by atoms with Crippen molar-refractivity contribution in [2.75, 3.05) is 0 Å². The van der Waals surface area contributed by atoms with E-state index in [0.717, 1.165) is 6.42 Å². The van der Waals surface area contributed by atoms with Gasteiger partial charge in [0, 0.05) is 6.42 Å². The molecule has 1 nitrogen and oxygen atoms in total. The maximum atomic E-state index is 6.13. The Morgan fingerprint density at radius 2 is 1.62 bits per heavy atom. The fourth-order valence-corrected chi connectivity index (χ4v) is 2.58. The molecule has 16 heavy (non-hydrogen) atoms. The summed E-state index contributed by atoms with van der Waals surface area (Å²) < 4.78 is 6.13. The van der Waals surface area contributed by atoms with Crippen LogP contribution in [0.2, 0.25) is 19.6 Å². The molecule has 0 rings (SSSR count). The molecule has 0 fully saturated rings. The summed E-state index contributed by atoms with van der Waals surface area (Å²) in [5.41, 5.74) is 0. The minimum Gasteiger partial charge on any atom is -0.548 e. The fourth-order valence-electron chi connectivity index (χ4n) is 1.60. The molecule has 0 saturated heterocycles. The van der Waals surface area contributed by atoms with Gasteiger partial charge in [0.1, 0.15) is 0 Å². The summed E-state index contributed by atoms with van der Waals surface area (Å²) in [6, 6.07) is 0. The standard InChI is InChI=1S/C14H30OSi/c1-6-8-10-12-14(13-11-9-7-2)15-16(3,4)5/h12H,6-11,13H2,1-5H3. The van der Waals surface area contributed by atoms with Gasteiger partial charge in [0.2, 0.25) is 8.32 Å². The lowest BCUT2D eigenvalue weighted by atomic mass is 10.1. The van der Waals surface area contributed by atoms with Crippen LogP contribution in [0.4, 0.5) is 0 Å². The largest absolute Gasteiger partial charge is 0.548 e. The van der Waals surface area contributed by atoms with Crippen LogP contribution in [0, 0.1) is 0 Å². The second-order valence-electron chi connectivity index (χ2n) is 5.48. The van der Waals surface area contributed by atoms with Crippen LogP contribution >= 0.6 is 0 Å². The van der Waals surface area contributed by atoms with Crippen molar-refractivity contribution in [3.8, 4) is 0 Å². The first-order valence-electron chi connectivity index (χ1n) is 6.87. The van der Waals surface area contributed by atoms with Crippen LogP contribution in [-0.2, 0) is 4.43 Å². The van der Waals surface area contributed by atoms with Crippen LogP contribution in [-0.4, -0.2) is 8.32 Å². The van der Waals surface area contributed by atoms with Crippen molar-refractivity contribution in [3.63, 3.8) is 0 Å². The molecule has 0 unspecified atom stereocenters. The van der Waals surface area contributed by atoms with Crippen molar-refractivity contribution < 1.29 is 4.43 Å². The summed E-state index contributed by atoms with van der Waals surface area (Å²) >= 11 is 0. The van der Waals surface area contributed by atoms with Gasteiger partial charge in [-0.05, 0) is 45.0 Å². The second kappa shape index (κ2) is 8.86. The van der Waals surface area contributed by atoms with Gasteiger partial charge in [0.15, 0.2) is 0 Å². The van der Waals surface area contributed by atoms with Crippen LogP contribution in [0.3, 0.4) is 0 Å². The lowest BCUT2D eigenvalue weighted by Gasteiger charge is -2.22. The van der Waals surface area contributed by atoms with Crippen molar-refractivity contribution in [2.45, 2.75) is 78.4 Å². The molecule has 0 N–H and O–H groups in total. The molecule has 0 saturated carbocycles. The molecule has 0 aliphatic heterocycles. The summed E-state index contributed by atoms with van der Waals surface area (Å²) in [6.07, 6.45) is 11.1. The van der Waals surface area contributed by atoms with Gasteiger partial charge in [0.25, 0.3) is 0 Å². The Morgan fingerprint density at radius 3 is 2.12 bits per heavy atom. The quantitative estimate of drug-likeness (QED) is 0.295. The molecule has 0 amide bonds. The van der Waals surface area contributed by atoms with Gasteiger partial charge in [-0.25, -0.2) is 0 Å². The highest BCUT2D eigenvalue weighted by Crippen LogP contribution is 2.18. The predicted molar refractivity (Wildman–Crippen MR) is 76.2 cm³/mol. The van der Waals surface area contributed by atoms with Gasteiger partial charge in [0.05, 0.1) is 5.76 Å². The lowest BCUT2D eigenvalue weighted by Crippen LogP contribution is -2.24. The summed E-state index contributed by atoms with van der Waals surface area (Å²) in [5.74, 6) is 1.26. The molecule has 2 heteroatoms. The second-order valence-corrected chi connectivity index (χ2v) is 9.91. The normalized spacial score (nSPS) is 12.9. The molecule has 0 aromatic rings. The Kier molecular flexibility index (Phi) is 8.72. The SMILES string of the molecule is CCCCC=C(CCCCC)O[Si](C)(C)C. The number of rotatable bonds is 9. The average Bonchev–Trinajstić information content (AvgIpc) is 2.16. The summed E-state index contributed by atoms with van der Waals surface area (Å²) in [7, 11) is -1.41. The highest BCUT2D eigenvalue weighted by Gasteiger charge is 2.17. The molecule has 96 valence electrons. The number of hydrogen-bond acceptors (Lipinski definition) is 1. The van der Waals surface area contributed by atoms with Crippen molar-refractivity contribution in [2.24, 2.45) is 0 Å². The van der Waals surface area contributed by atoms with E-state index >= 15 is 0 Å². The third-order valence-corrected chi connectivity index (χ3v) is 3.27. The summed E-state index contributed by atoms with van der Waals surface area (Å²) in [6.45, 7) is 11.3. The Balaban J connectivity index is 4.10. The van der Waals surface area contributed by atoms with E-state index in [2.05, 4.69) is 39.6 Å². The third kappa shape index (κ3) is 10.3. The topological polar surface area (TPSA) is 9.23 Å². The zero-order valence-electron chi connectivity index (χ0n) is 11.9. The molecule has 0 radical (unpaired) electrons. The van der Waals surface area contributed by atoms with E-state index in [1.165, 1.54) is 44.3 Å². The van der Waals surface area contributed by atoms with Crippen LogP contribution in [0.25, 0.3) is 0 Å². The van der Waals surface area contributed by atoms with E-state index < -0.39 is 8.32 Å². The van der Waals surface area contributed by atoms with E-state index in [9.17, 15) is 0 Å². The molecule has 0 aliphatic rings. The molecule has 0 bridgehead atoms. The van der Waals surface area contributed by atoms with E-state index in [4.69, 9.17) is 4.43 Å². The Hall–Kier alpha value is -0.243. The minimum atomic E-state index is -1.41. The minimum absolute atomic E-state index is 1.14. The number of hydrogen-bond donors (Lipinski definition) is 0. The zero-order valence-corrected chi connectivity index (χ0v) is 12.9. The lowest BCUT2D eigenvalue weighted by molar-refractivity contribution is 0.389. The number of allylic oxidation sites excluding steroid dienone is 2. The molecule has 0 spiro atoms. The van der Waals surface area contributed by atoms with Crippen molar-refractivity contribution in [3.05, 3.63) is 11.8 Å². The van der Waals surface area contributed by atoms with Crippen molar-refractivity contribution in [1.29, 1.82) is 0 Å². The van der Waals surface area contributed by atoms with Gasteiger partial charge in [-0.15, -0.1) is 0 Å². The smallest absolute Gasteiger partial charge is 0.241 e. The molecule has 0 heterocycles. The molecule has 0 aliphatic carbocycles. The Labute approximate surface area is 103 Å². The van der Waals surface area contributed by atoms with Crippen molar-refractivity contribution >= 4 is 8.32 Å². The predicted octanol–water partition coefficient (Wildman–Crippen LogP) is 5.49. The van der Waals surface area contributed by atoms with Crippen LogP contribution in [0.5, 0.6) is 0 Å². The van der Waals surface area contributed by atoms with E-state index in [1.54, 1.807) is 0 Å². The average molecular weight is 242 g/mol. The van der Waals surface area contributed by atoms with Gasteiger partial charge in [-0.3, -0.25) is 0 Å².